The number of hydrogen-bond donors (Lipinski definition) is 0. The lowest BCUT2D eigenvalue weighted by Gasteiger charge is -2.32. The van der Waals surface area contributed by atoms with Gasteiger partial charge in [-0.1, -0.05) is 0 Å². The molecule has 0 amide bonds. The minimum absolute atomic E-state index is 0.135. The van der Waals surface area contributed by atoms with Gasteiger partial charge in [0.1, 0.15) is 0 Å². The first-order valence-electron chi connectivity index (χ1n) is 10.2. The molecule has 0 radical (unpaired) electrons. The minimum atomic E-state index is 0.135. The van der Waals surface area contributed by atoms with Crippen LogP contribution in [0, 0.1) is 0 Å². The summed E-state index contributed by atoms with van der Waals surface area (Å²) >= 11 is 0. The van der Waals surface area contributed by atoms with Crippen molar-refractivity contribution in [2.75, 3.05) is 53.4 Å². The summed E-state index contributed by atoms with van der Waals surface area (Å²) in [5.41, 5.74) is 0. The Labute approximate surface area is 181 Å². The molecule has 1 aliphatic heterocycles. The van der Waals surface area contributed by atoms with Crippen molar-refractivity contribution in [3.63, 3.8) is 0 Å². The predicted molar refractivity (Wildman–Crippen MR) is 115 cm³/mol. The molecule has 1 saturated heterocycles. The van der Waals surface area contributed by atoms with Crippen LogP contribution < -0.4 is 19.1 Å². The van der Waals surface area contributed by atoms with Gasteiger partial charge in [-0.2, -0.15) is 5.10 Å². The average Bonchev–Trinajstić information content (AvgIpc) is 3.25. The molecular weight excluding hydrogens is 400 g/mol. The molecule has 3 heterocycles. The van der Waals surface area contributed by atoms with Crippen LogP contribution in [0.25, 0.3) is 10.8 Å². The highest BCUT2D eigenvalue weighted by Gasteiger charge is 2.29. The van der Waals surface area contributed by atoms with Crippen LogP contribution in [0.5, 0.6) is 17.2 Å². The minimum Gasteiger partial charge on any atom is -0.493 e. The first-order chi connectivity index (χ1) is 15.0. The normalized spacial score (nSPS) is 16.7. The fraction of sp³-hybridized carbons (Fsp3) is 0.524. The van der Waals surface area contributed by atoms with E-state index in [4.69, 9.17) is 18.6 Å². The van der Waals surface area contributed by atoms with Gasteiger partial charge in [-0.25, -0.2) is 0 Å². The molecular formula is C21H28N6O4. The van der Waals surface area contributed by atoms with E-state index in [0.717, 1.165) is 36.0 Å². The molecule has 10 heteroatoms. The monoisotopic (exact) mass is 428 g/mol. The second-order valence-electron chi connectivity index (χ2n) is 7.83. The van der Waals surface area contributed by atoms with Gasteiger partial charge in [-0.05, 0) is 33.0 Å². The van der Waals surface area contributed by atoms with Crippen LogP contribution in [-0.2, 0) is 6.54 Å². The molecule has 1 fully saturated rings. The summed E-state index contributed by atoms with van der Waals surface area (Å²) in [5.74, 6) is 3.90. The van der Waals surface area contributed by atoms with Crippen molar-refractivity contribution >= 4 is 16.6 Å². The highest BCUT2D eigenvalue weighted by Crippen LogP contribution is 2.45. The Morgan fingerprint density at radius 2 is 1.87 bits per heavy atom. The van der Waals surface area contributed by atoms with Crippen molar-refractivity contribution in [1.82, 2.24) is 25.3 Å². The largest absolute Gasteiger partial charge is 0.493 e. The molecule has 0 N–H and O–H groups in total. The van der Waals surface area contributed by atoms with Gasteiger partial charge in [0, 0.05) is 18.5 Å². The van der Waals surface area contributed by atoms with Crippen molar-refractivity contribution in [3.8, 4) is 17.2 Å². The van der Waals surface area contributed by atoms with Crippen LogP contribution in [-0.4, -0.2) is 73.8 Å². The third-order valence-electron chi connectivity index (χ3n) is 5.45. The third kappa shape index (κ3) is 4.07. The Morgan fingerprint density at radius 3 is 2.58 bits per heavy atom. The summed E-state index contributed by atoms with van der Waals surface area (Å²) in [6.07, 6.45) is 3.66. The van der Waals surface area contributed by atoms with Gasteiger partial charge in [-0.15, -0.1) is 15.3 Å². The van der Waals surface area contributed by atoms with Crippen LogP contribution >= 0.6 is 0 Å². The fourth-order valence-electron chi connectivity index (χ4n) is 4.06. The molecule has 0 spiro atoms. The van der Waals surface area contributed by atoms with Crippen molar-refractivity contribution in [1.29, 1.82) is 0 Å². The molecule has 1 aliphatic rings. The molecule has 0 saturated carbocycles. The summed E-state index contributed by atoms with van der Waals surface area (Å²) in [4.78, 5) is 4.22. The highest BCUT2D eigenvalue weighted by molar-refractivity contribution is 5.99. The number of hydrogen-bond acceptors (Lipinski definition) is 10. The Balaban J connectivity index is 1.69. The van der Waals surface area contributed by atoms with Gasteiger partial charge in [0.25, 0.3) is 0 Å². The number of nitrogens with zero attached hydrogens (tertiary/aromatic N) is 6. The van der Waals surface area contributed by atoms with Crippen LogP contribution in [0.1, 0.15) is 30.5 Å². The van der Waals surface area contributed by atoms with Crippen LogP contribution in [0.3, 0.4) is 0 Å². The number of rotatable bonds is 7. The van der Waals surface area contributed by atoms with E-state index in [9.17, 15) is 0 Å². The molecule has 4 rings (SSSR count). The first kappa shape index (κ1) is 21.1. The average molecular weight is 428 g/mol. The van der Waals surface area contributed by atoms with Gasteiger partial charge in [0.15, 0.2) is 17.3 Å². The summed E-state index contributed by atoms with van der Waals surface area (Å²) in [6.45, 7) is 2.20. The fourth-order valence-corrected chi connectivity index (χ4v) is 4.06. The number of fused-ring (bicyclic) bond motifs is 1. The van der Waals surface area contributed by atoms with Crippen LogP contribution in [0.15, 0.2) is 16.7 Å². The van der Waals surface area contributed by atoms with Gasteiger partial charge in [0.05, 0.1) is 45.4 Å². The Morgan fingerprint density at radius 1 is 1.06 bits per heavy atom. The number of benzene rings is 1. The van der Waals surface area contributed by atoms with Gasteiger partial charge < -0.3 is 28.4 Å². The summed E-state index contributed by atoms with van der Waals surface area (Å²) in [7, 11) is 8.75. The van der Waals surface area contributed by atoms with Crippen LogP contribution in [0.4, 0.5) is 5.82 Å². The molecule has 2 aromatic heterocycles. The lowest BCUT2D eigenvalue weighted by molar-refractivity contribution is 0.318. The molecule has 0 aliphatic carbocycles. The Kier molecular flexibility index (Phi) is 6.08. The summed E-state index contributed by atoms with van der Waals surface area (Å²) < 4.78 is 22.6. The smallest absolute Gasteiger partial charge is 0.230 e. The second-order valence-corrected chi connectivity index (χ2v) is 7.83. The number of anilines is 1. The molecule has 10 nitrogen and oxygen atoms in total. The van der Waals surface area contributed by atoms with Crippen molar-refractivity contribution in [2.45, 2.75) is 25.3 Å². The van der Waals surface area contributed by atoms with E-state index in [2.05, 4.69) is 25.3 Å². The van der Waals surface area contributed by atoms with E-state index >= 15 is 0 Å². The highest BCUT2D eigenvalue weighted by atomic mass is 16.5. The molecule has 31 heavy (non-hydrogen) atoms. The maximum absolute atomic E-state index is 5.93. The number of piperidine rings is 1. The molecule has 1 atom stereocenters. The SMILES string of the molecule is COc1cc2c(N3CCCC(c4nnc(CN(C)C)o4)C3)nncc2c(OC)c1OC. The summed E-state index contributed by atoms with van der Waals surface area (Å²) in [5, 5.41) is 18.9. The van der Waals surface area contributed by atoms with Gasteiger partial charge in [0.2, 0.25) is 17.5 Å². The van der Waals surface area contributed by atoms with Gasteiger partial charge >= 0.3 is 0 Å². The topological polar surface area (TPSA) is 98.9 Å². The lowest BCUT2D eigenvalue weighted by atomic mass is 9.97. The maximum Gasteiger partial charge on any atom is 0.230 e. The number of ether oxygens (including phenoxy) is 3. The first-order valence-corrected chi connectivity index (χ1v) is 10.2. The molecule has 1 unspecified atom stereocenters. The van der Waals surface area contributed by atoms with E-state index in [1.165, 1.54) is 0 Å². The molecule has 3 aromatic rings. The van der Waals surface area contributed by atoms with E-state index in [0.29, 0.717) is 42.1 Å². The van der Waals surface area contributed by atoms with Crippen molar-refractivity contribution in [3.05, 3.63) is 24.0 Å². The molecule has 1 aromatic carbocycles. The maximum atomic E-state index is 5.93. The number of aromatic nitrogens is 4. The lowest BCUT2D eigenvalue weighted by Crippen LogP contribution is -2.35. The van der Waals surface area contributed by atoms with E-state index in [1.807, 2.05) is 25.1 Å². The molecule has 0 bridgehead atoms. The quantitative estimate of drug-likeness (QED) is 0.558. The zero-order valence-electron chi connectivity index (χ0n) is 18.6. The Bertz CT molecular complexity index is 1050. The summed E-state index contributed by atoms with van der Waals surface area (Å²) in [6, 6.07) is 1.92. The number of methoxy groups -OCH3 is 3. The third-order valence-corrected chi connectivity index (χ3v) is 5.45. The van der Waals surface area contributed by atoms with Crippen LogP contribution in [0.2, 0.25) is 0 Å². The van der Waals surface area contributed by atoms with E-state index in [1.54, 1.807) is 27.5 Å². The van der Waals surface area contributed by atoms with E-state index < -0.39 is 0 Å². The predicted octanol–water partition coefficient (Wildman–Crippen LogP) is 2.48. The Hall–Kier alpha value is -3.14. The molecule has 166 valence electrons. The zero-order chi connectivity index (χ0) is 22.0. The van der Waals surface area contributed by atoms with Crippen molar-refractivity contribution in [2.24, 2.45) is 0 Å². The van der Waals surface area contributed by atoms with E-state index in [-0.39, 0.29) is 5.92 Å². The zero-order valence-corrected chi connectivity index (χ0v) is 18.6. The van der Waals surface area contributed by atoms with Crippen molar-refractivity contribution < 1.29 is 18.6 Å². The second kappa shape index (κ2) is 8.93. The standard InChI is InChI=1S/C21H28N6O4/c1-26(2)12-17-23-25-21(31-17)13-7-6-8-27(11-13)20-14-9-16(28-3)19(30-5)18(29-4)15(14)10-22-24-20/h9-10,13H,6-8,11-12H2,1-5H3. The van der Waals surface area contributed by atoms with Gasteiger partial charge in [-0.3, -0.25) is 0 Å².